The minimum absolute atomic E-state index is 0.0712. The van der Waals surface area contributed by atoms with Crippen molar-refractivity contribution in [1.82, 2.24) is 20.0 Å². The Hall–Kier alpha value is -2.18. The molecule has 1 aromatic carbocycles. The lowest BCUT2D eigenvalue weighted by Gasteiger charge is -2.38. The molecule has 0 saturated carbocycles. The number of piperidine rings is 1. The number of ether oxygens (including phenoxy) is 1. The number of hydrogen-bond acceptors (Lipinski definition) is 4. The molecule has 6 nitrogen and oxygen atoms in total. The third kappa shape index (κ3) is 4.28. The van der Waals surface area contributed by atoms with Crippen molar-refractivity contribution >= 4 is 5.91 Å². The summed E-state index contributed by atoms with van der Waals surface area (Å²) in [5.41, 5.74) is 5.96. The van der Waals surface area contributed by atoms with Crippen molar-refractivity contribution in [3.63, 3.8) is 0 Å². The third-order valence-electron chi connectivity index (χ3n) is 7.44. The van der Waals surface area contributed by atoms with E-state index in [-0.39, 0.29) is 5.91 Å². The quantitative estimate of drug-likeness (QED) is 0.745. The molecule has 1 N–H and O–H groups in total. The van der Waals surface area contributed by atoms with Crippen LogP contribution in [0.2, 0.25) is 0 Å². The smallest absolute Gasteiger partial charge is 0.274 e. The van der Waals surface area contributed by atoms with Crippen LogP contribution >= 0.6 is 0 Å². The summed E-state index contributed by atoms with van der Waals surface area (Å²) in [7, 11) is 1.70. The monoisotopic (exact) mass is 422 g/mol. The van der Waals surface area contributed by atoms with Crippen LogP contribution < -0.4 is 0 Å². The molecule has 0 radical (unpaired) electrons. The van der Waals surface area contributed by atoms with Crippen molar-refractivity contribution < 1.29 is 9.53 Å². The lowest BCUT2D eigenvalue weighted by Crippen LogP contribution is -2.47. The van der Waals surface area contributed by atoms with Crippen LogP contribution in [0.25, 0.3) is 0 Å². The van der Waals surface area contributed by atoms with Gasteiger partial charge in [-0.25, -0.2) is 0 Å². The highest BCUT2D eigenvalue weighted by Gasteiger charge is 2.33. The van der Waals surface area contributed by atoms with Crippen LogP contribution in [0.4, 0.5) is 0 Å². The first-order chi connectivity index (χ1) is 15.2. The number of nitrogens with one attached hydrogen (secondary N) is 1. The van der Waals surface area contributed by atoms with Gasteiger partial charge in [0, 0.05) is 44.0 Å². The molecule has 31 heavy (non-hydrogen) atoms. The summed E-state index contributed by atoms with van der Waals surface area (Å²) >= 11 is 0. The Morgan fingerprint density at radius 1 is 1.23 bits per heavy atom. The SMILES string of the molecule is COCCN(CC1CCCN(C2Cc3ccccc3C2)C1)C(=O)c1n[nH]c2c1CCC2. The maximum atomic E-state index is 13.4. The lowest BCUT2D eigenvalue weighted by molar-refractivity contribution is 0.0567. The van der Waals surface area contributed by atoms with E-state index in [1.165, 1.54) is 30.5 Å². The fourth-order valence-corrected chi connectivity index (χ4v) is 5.81. The van der Waals surface area contributed by atoms with Crippen molar-refractivity contribution in [3.8, 4) is 0 Å². The van der Waals surface area contributed by atoms with Crippen LogP contribution in [0.15, 0.2) is 24.3 Å². The van der Waals surface area contributed by atoms with Crippen molar-refractivity contribution in [3.05, 3.63) is 52.3 Å². The Morgan fingerprint density at radius 2 is 2.03 bits per heavy atom. The molecular formula is C25H34N4O2. The van der Waals surface area contributed by atoms with Gasteiger partial charge in [0.1, 0.15) is 0 Å². The Labute approximate surface area is 185 Å². The van der Waals surface area contributed by atoms with E-state index < -0.39 is 0 Å². The van der Waals surface area contributed by atoms with Gasteiger partial charge in [-0.1, -0.05) is 24.3 Å². The van der Waals surface area contributed by atoms with E-state index in [0.717, 1.165) is 56.5 Å². The largest absolute Gasteiger partial charge is 0.383 e. The summed E-state index contributed by atoms with van der Waals surface area (Å²) in [6, 6.07) is 9.49. The molecule has 0 bridgehead atoms. The maximum Gasteiger partial charge on any atom is 0.274 e. The molecule has 6 heteroatoms. The minimum Gasteiger partial charge on any atom is -0.383 e. The standard InChI is InChI=1S/C25H34N4O2/c1-31-13-12-29(25(30)24-22-9-4-10-23(22)26-27-24)17-18-6-5-11-28(16-18)21-14-19-7-2-3-8-20(19)15-21/h2-3,7-8,18,21H,4-6,9-17H2,1H3,(H,26,27). The van der Waals surface area contributed by atoms with Crippen LogP contribution in [0.3, 0.4) is 0 Å². The predicted octanol–water partition coefficient (Wildman–Crippen LogP) is 2.87. The zero-order chi connectivity index (χ0) is 21.2. The molecule has 166 valence electrons. The topological polar surface area (TPSA) is 61.5 Å². The molecule has 1 fully saturated rings. The molecule has 1 aromatic heterocycles. The molecule has 2 aromatic rings. The highest BCUT2D eigenvalue weighted by atomic mass is 16.5. The number of methoxy groups -OCH3 is 1. The van der Waals surface area contributed by atoms with Crippen LogP contribution in [0.1, 0.15) is 52.1 Å². The Kier molecular flexibility index (Phi) is 6.10. The predicted molar refractivity (Wildman–Crippen MR) is 120 cm³/mol. The number of H-pyrrole nitrogens is 1. The molecule has 1 saturated heterocycles. The van der Waals surface area contributed by atoms with Crippen LogP contribution in [0.5, 0.6) is 0 Å². The van der Waals surface area contributed by atoms with Gasteiger partial charge < -0.3 is 9.64 Å². The number of rotatable bonds is 7. The van der Waals surface area contributed by atoms with Crippen LogP contribution in [-0.2, 0) is 30.4 Å². The maximum absolute atomic E-state index is 13.4. The number of benzene rings is 1. The molecule has 5 rings (SSSR count). The number of aromatic amines is 1. The van der Waals surface area contributed by atoms with Gasteiger partial charge in [-0.05, 0) is 68.5 Å². The molecule has 1 atom stereocenters. The molecule has 0 spiro atoms. The number of nitrogens with zero attached hydrogens (tertiary/aromatic N) is 3. The van der Waals surface area contributed by atoms with Gasteiger partial charge in [-0.2, -0.15) is 5.10 Å². The Balaban J connectivity index is 1.25. The lowest BCUT2D eigenvalue weighted by atomic mass is 9.95. The summed E-state index contributed by atoms with van der Waals surface area (Å²) in [6.45, 7) is 4.23. The van der Waals surface area contributed by atoms with Gasteiger partial charge in [0.25, 0.3) is 5.91 Å². The van der Waals surface area contributed by atoms with Crippen LogP contribution in [0, 0.1) is 5.92 Å². The second kappa shape index (κ2) is 9.13. The van der Waals surface area contributed by atoms with E-state index in [0.29, 0.717) is 30.8 Å². The first-order valence-electron chi connectivity index (χ1n) is 11.9. The van der Waals surface area contributed by atoms with E-state index in [2.05, 4.69) is 39.4 Å². The van der Waals surface area contributed by atoms with Gasteiger partial charge in [0.15, 0.2) is 5.69 Å². The first-order valence-corrected chi connectivity index (χ1v) is 11.9. The Morgan fingerprint density at radius 3 is 2.81 bits per heavy atom. The van der Waals surface area contributed by atoms with E-state index in [1.54, 1.807) is 7.11 Å². The number of fused-ring (bicyclic) bond motifs is 2. The number of aromatic nitrogens is 2. The molecule has 1 amide bonds. The first kappa shape index (κ1) is 20.7. The number of aryl methyl sites for hydroxylation is 1. The van der Waals surface area contributed by atoms with E-state index in [9.17, 15) is 4.79 Å². The second-order valence-electron chi connectivity index (χ2n) is 9.46. The van der Waals surface area contributed by atoms with Gasteiger partial charge >= 0.3 is 0 Å². The highest BCUT2D eigenvalue weighted by Crippen LogP contribution is 2.29. The summed E-state index contributed by atoms with van der Waals surface area (Å²) in [5, 5.41) is 7.49. The fourth-order valence-electron chi connectivity index (χ4n) is 5.81. The molecule has 1 unspecified atom stereocenters. The molecule has 1 aliphatic heterocycles. The van der Waals surface area contributed by atoms with Crippen molar-refractivity contribution in [2.75, 3.05) is 39.9 Å². The van der Waals surface area contributed by atoms with Crippen molar-refractivity contribution in [2.45, 2.75) is 51.0 Å². The molecular weight excluding hydrogens is 388 g/mol. The third-order valence-corrected chi connectivity index (χ3v) is 7.44. The van der Waals surface area contributed by atoms with Crippen molar-refractivity contribution in [1.29, 1.82) is 0 Å². The zero-order valence-corrected chi connectivity index (χ0v) is 18.6. The number of hydrogen-bond donors (Lipinski definition) is 1. The second-order valence-corrected chi connectivity index (χ2v) is 9.46. The number of carbonyl (C=O) groups is 1. The minimum atomic E-state index is 0.0712. The number of carbonyl (C=O) groups excluding carboxylic acids is 1. The van der Waals surface area contributed by atoms with Gasteiger partial charge in [-0.15, -0.1) is 0 Å². The highest BCUT2D eigenvalue weighted by molar-refractivity contribution is 5.94. The molecule has 3 aliphatic rings. The molecule has 2 heterocycles. The number of amides is 1. The average Bonchev–Trinajstić information content (AvgIpc) is 3.51. The Bertz CT molecular complexity index is 899. The summed E-state index contributed by atoms with van der Waals surface area (Å²) in [5.74, 6) is 0.576. The average molecular weight is 423 g/mol. The fraction of sp³-hybridized carbons (Fsp3) is 0.600. The van der Waals surface area contributed by atoms with Gasteiger partial charge in [0.05, 0.1) is 6.61 Å². The molecule has 2 aliphatic carbocycles. The summed E-state index contributed by atoms with van der Waals surface area (Å²) in [4.78, 5) is 18.1. The normalized spacial score (nSPS) is 21.3. The summed E-state index contributed by atoms with van der Waals surface area (Å²) in [6.07, 6.45) is 7.80. The van der Waals surface area contributed by atoms with Crippen LogP contribution in [-0.4, -0.2) is 71.8 Å². The van der Waals surface area contributed by atoms with E-state index in [4.69, 9.17) is 4.74 Å². The zero-order valence-electron chi connectivity index (χ0n) is 18.6. The van der Waals surface area contributed by atoms with E-state index >= 15 is 0 Å². The van der Waals surface area contributed by atoms with Gasteiger partial charge in [-0.3, -0.25) is 14.8 Å². The van der Waals surface area contributed by atoms with Gasteiger partial charge in [0.2, 0.25) is 0 Å². The number of likely N-dealkylation sites (tertiary alicyclic amines) is 1. The van der Waals surface area contributed by atoms with Crippen molar-refractivity contribution in [2.24, 2.45) is 5.92 Å². The van der Waals surface area contributed by atoms with E-state index in [1.807, 2.05) is 4.90 Å². The summed E-state index contributed by atoms with van der Waals surface area (Å²) < 4.78 is 5.33.